The van der Waals surface area contributed by atoms with Crippen LogP contribution in [-0.4, -0.2) is 44.7 Å². The molecular weight excluding hydrogens is 294 g/mol. The van der Waals surface area contributed by atoms with Crippen LogP contribution in [0.2, 0.25) is 0 Å². The topological polar surface area (TPSA) is 94.3 Å². The molecule has 2 aromatic rings. The van der Waals surface area contributed by atoms with Crippen molar-refractivity contribution in [2.45, 2.75) is 11.2 Å². The highest BCUT2D eigenvalue weighted by molar-refractivity contribution is 7.99. The lowest BCUT2D eigenvalue weighted by Gasteiger charge is -2.17. The largest absolute Gasteiger partial charge is 0.481 e. The summed E-state index contributed by atoms with van der Waals surface area (Å²) in [6.07, 6.45) is 1.39. The number of nitrogens with zero attached hydrogens (tertiary/aromatic N) is 3. The number of hydrogen-bond acceptors (Lipinski definition) is 6. The third-order valence-electron chi connectivity index (χ3n) is 2.68. The van der Waals surface area contributed by atoms with Crippen LogP contribution >= 0.6 is 11.8 Å². The number of rotatable bonds is 6. The van der Waals surface area contributed by atoms with Gasteiger partial charge in [-0.3, -0.25) is 9.36 Å². The number of thioether (sulfide) groups is 1. The standard InChI is InChI=1S/C13H13N3O4S/c1-20-12(19)11(9-5-3-2-4-6-9)16-8-14-15-13(16)21-7-10(17)18/h2-6,8,11H,7H2,1H3,(H,17,18). The van der Waals surface area contributed by atoms with Gasteiger partial charge < -0.3 is 9.84 Å². The van der Waals surface area contributed by atoms with E-state index in [9.17, 15) is 9.59 Å². The lowest BCUT2D eigenvalue weighted by molar-refractivity contribution is -0.143. The summed E-state index contributed by atoms with van der Waals surface area (Å²) in [6.45, 7) is 0. The Balaban J connectivity index is 2.36. The van der Waals surface area contributed by atoms with Crippen LogP contribution in [0.3, 0.4) is 0 Å². The molecule has 0 aliphatic rings. The van der Waals surface area contributed by atoms with Gasteiger partial charge in [0.15, 0.2) is 11.2 Å². The minimum Gasteiger partial charge on any atom is -0.481 e. The van der Waals surface area contributed by atoms with Gasteiger partial charge >= 0.3 is 11.9 Å². The van der Waals surface area contributed by atoms with E-state index in [2.05, 4.69) is 10.2 Å². The molecule has 0 saturated heterocycles. The van der Waals surface area contributed by atoms with Gasteiger partial charge in [0, 0.05) is 0 Å². The molecule has 0 amide bonds. The maximum Gasteiger partial charge on any atom is 0.333 e. The van der Waals surface area contributed by atoms with Crippen LogP contribution in [0, 0.1) is 0 Å². The molecule has 1 aromatic heterocycles. The van der Waals surface area contributed by atoms with Crippen molar-refractivity contribution < 1.29 is 19.4 Å². The van der Waals surface area contributed by atoms with Crippen molar-refractivity contribution in [1.82, 2.24) is 14.8 Å². The first kappa shape index (κ1) is 15.0. The summed E-state index contributed by atoms with van der Waals surface area (Å²) in [4.78, 5) is 22.7. The first-order valence-electron chi connectivity index (χ1n) is 6.00. The molecule has 1 unspecified atom stereocenters. The number of carboxylic acid groups (broad SMARTS) is 1. The highest BCUT2D eigenvalue weighted by atomic mass is 32.2. The van der Waals surface area contributed by atoms with E-state index in [0.717, 1.165) is 11.8 Å². The van der Waals surface area contributed by atoms with E-state index >= 15 is 0 Å². The molecule has 0 aliphatic carbocycles. The number of carbonyl (C=O) groups excluding carboxylic acids is 1. The maximum atomic E-state index is 12.1. The Morgan fingerprint density at radius 2 is 2.10 bits per heavy atom. The normalized spacial score (nSPS) is 11.9. The smallest absolute Gasteiger partial charge is 0.333 e. The zero-order valence-corrected chi connectivity index (χ0v) is 12.0. The summed E-state index contributed by atoms with van der Waals surface area (Å²) in [6, 6.07) is 8.27. The molecule has 0 aliphatic heterocycles. The van der Waals surface area contributed by atoms with Crippen LogP contribution < -0.4 is 0 Å². The Labute approximate surface area is 124 Å². The second-order valence-corrected chi connectivity index (χ2v) is 4.98. The summed E-state index contributed by atoms with van der Waals surface area (Å²) < 4.78 is 6.34. The number of aliphatic carboxylic acids is 1. The Hall–Kier alpha value is -2.35. The summed E-state index contributed by atoms with van der Waals surface area (Å²) in [5, 5.41) is 16.7. The number of benzene rings is 1. The Morgan fingerprint density at radius 1 is 1.38 bits per heavy atom. The van der Waals surface area contributed by atoms with Crippen LogP contribution in [0.1, 0.15) is 11.6 Å². The number of carboxylic acids is 1. The number of hydrogen-bond donors (Lipinski definition) is 1. The molecule has 1 atom stereocenters. The molecule has 2 rings (SSSR count). The minimum absolute atomic E-state index is 0.165. The molecule has 0 radical (unpaired) electrons. The molecule has 0 fully saturated rings. The van der Waals surface area contributed by atoms with E-state index in [1.54, 1.807) is 24.3 Å². The van der Waals surface area contributed by atoms with E-state index in [1.165, 1.54) is 18.0 Å². The predicted octanol–water partition coefficient (Wildman–Crippen LogP) is 1.22. The van der Waals surface area contributed by atoms with Gasteiger partial charge in [0.1, 0.15) is 6.33 Å². The van der Waals surface area contributed by atoms with E-state index in [4.69, 9.17) is 9.84 Å². The van der Waals surface area contributed by atoms with Crippen molar-refractivity contribution in [3.63, 3.8) is 0 Å². The van der Waals surface area contributed by atoms with Gasteiger partial charge in [-0.1, -0.05) is 42.1 Å². The maximum absolute atomic E-state index is 12.1. The third kappa shape index (κ3) is 3.60. The minimum atomic E-state index is -0.969. The summed E-state index contributed by atoms with van der Waals surface area (Å²) in [5.41, 5.74) is 0.710. The highest BCUT2D eigenvalue weighted by Crippen LogP contribution is 2.25. The van der Waals surface area contributed by atoms with Gasteiger partial charge in [-0.2, -0.15) is 0 Å². The molecule has 110 valence electrons. The molecular formula is C13H13N3O4S. The highest BCUT2D eigenvalue weighted by Gasteiger charge is 2.26. The van der Waals surface area contributed by atoms with Crippen LogP contribution in [0.4, 0.5) is 0 Å². The van der Waals surface area contributed by atoms with E-state index in [0.29, 0.717) is 10.7 Å². The predicted molar refractivity (Wildman–Crippen MR) is 75.0 cm³/mol. The summed E-state index contributed by atoms with van der Waals surface area (Å²) in [5.74, 6) is -1.61. The average molecular weight is 307 g/mol. The molecule has 0 spiro atoms. The van der Waals surface area contributed by atoms with Crippen molar-refractivity contribution in [3.8, 4) is 0 Å². The molecule has 0 saturated carbocycles. The van der Waals surface area contributed by atoms with Crippen LogP contribution in [0.25, 0.3) is 0 Å². The third-order valence-corrected chi connectivity index (χ3v) is 3.62. The van der Waals surface area contributed by atoms with Crippen molar-refractivity contribution in [1.29, 1.82) is 0 Å². The molecule has 1 heterocycles. The second kappa shape index (κ2) is 6.89. The second-order valence-electron chi connectivity index (χ2n) is 4.04. The van der Waals surface area contributed by atoms with Gasteiger partial charge in [-0.25, -0.2) is 4.79 Å². The molecule has 21 heavy (non-hydrogen) atoms. The van der Waals surface area contributed by atoms with Crippen LogP contribution in [0.15, 0.2) is 41.8 Å². The Bertz CT molecular complexity index is 629. The van der Waals surface area contributed by atoms with E-state index in [-0.39, 0.29) is 5.75 Å². The lowest BCUT2D eigenvalue weighted by Crippen LogP contribution is -2.22. The fraction of sp³-hybridized carbons (Fsp3) is 0.231. The van der Waals surface area contributed by atoms with E-state index < -0.39 is 18.0 Å². The number of ether oxygens (including phenoxy) is 1. The average Bonchev–Trinajstić information content (AvgIpc) is 2.94. The number of aromatic nitrogens is 3. The molecule has 7 nitrogen and oxygen atoms in total. The van der Waals surface area contributed by atoms with Crippen LogP contribution in [-0.2, 0) is 14.3 Å². The van der Waals surface area contributed by atoms with Crippen molar-refractivity contribution >= 4 is 23.7 Å². The zero-order valence-electron chi connectivity index (χ0n) is 11.2. The number of carbonyl (C=O) groups is 2. The first-order valence-corrected chi connectivity index (χ1v) is 6.99. The van der Waals surface area contributed by atoms with Gasteiger partial charge in [0.2, 0.25) is 0 Å². The van der Waals surface area contributed by atoms with Crippen LogP contribution in [0.5, 0.6) is 0 Å². The van der Waals surface area contributed by atoms with Gasteiger partial charge in [-0.05, 0) is 5.56 Å². The molecule has 1 N–H and O–H groups in total. The lowest BCUT2D eigenvalue weighted by atomic mass is 10.1. The Kier molecular flexibility index (Phi) is 4.94. The Morgan fingerprint density at radius 3 is 2.71 bits per heavy atom. The number of esters is 1. The van der Waals surface area contributed by atoms with E-state index in [1.807, 2.05) is 6.07 Å². The van der Waals surface area contributed by atoms with Gasteiger partial charge in [0.25, 0.3) is 0 Å². The summed E-state index contributed by atoms with van der Waals surface area (Å²) in [7, 11) is 1.30. The van der Waals surface area contributed by atoms with Crippen molar-refractivity contribution in [3.05, 3.63) is 42.2 Å². The zero-order chi connectivity index (χ0) is 15.2. The molecule has 0 bridgehead atoms. The van der Waals surface area contributed by atoms with Gasteiger partial charge in [0.05, 0.1) is 12.9 Å². The number of methoxy groups -OCH3 is 1. The van der Waals surface area contributed by atoms with Gasteiger partial charge in [-0.15, -0.1) is 10.2 Å². The first-order chi connectivity index (χ1) is 10.1. The van der Waals surface area contributed by atoms with Crippen molar-refractivity contribution in [2.75, 3.05) is 12.9 Å². The fourth-order valence-electron chi connectivity index (χ4n) is 1.80. The SMILES string of the molecule is COC(=O)C(c1ccccc1)n1cnnc1SCC(=O)O. The molecule has 8 heteroatoms. The summed E-state index contributed by atoms with van der Waals surface area (Å²) >= 11 is 0.995. The molecule has 1 aromatic carbocycles. The monoisotopic (exact) mass is 307 g/mol. The van der Waals surface area contributed by atoms with Crippen molar-refractivity contribution in [2.24, 2.45) is 0 Å². The fourth-order valence-corrected chi connectivity index (χ4v) is 2.45. The quantitative estimate of drug-likeness (QED) is 0.633.